The van der Waals surface area contributed by atoms with Crippen molar-refractivity contribution in [1.29, 1.82) is 0 Å². The number of hydrogen-bond donors (Lipinski definition) is 0. The fourth-order valence-electron chi connectivity index (χ4n) is 0.817. The average molecular weight is 186 g/mol. The van der Waals surface area contributed by atoms with Gasteiger partial charge in [-0.3, -0.25) is 0 Å². The van der Waals surface area contributed by atoms with Crippen molar-refractivity contribution in [3.63, 3.8) is 0 Å². The summed E-state index contributed by atoms with van der Waals surface area (Å²) in [5.41, 5.74) is 1.17. The van der Waals surface area contributed by atoms with Crippen molar-refractivity contribution in [3.05, 3.63) is 30.3 Å². The summed E-state index contributed by atoms with van der Waals surface area (Å²) in [5.74, 6) is 0. The first-order valence-electron chi connectivity index (χ1n) is 3.54. The second-order valence-corrected chi connectivity index (χ2v) is 2.24. The molecule has 0 fully saturated rings. The molecule has 0 aromatic heterocycles. The zero-order chi connectivity index (χ0) is 7.94. The molecule has 0 saturated heterocycles. The molecule has 0 unspecified atom stereocenters. The highest BCUT2D eigenvalue weighted by Gasteiger charge is 1.92. The molecule has 0 aliphatic rings. The lowest BCUT2D eigenvalue weighted by Crippen LogP contribution is -2.17. The van der Waals surface area contributed by atoms with Crippen LogP contribution in [-0.4, -0.2) is 32.3 Å². The molecule has 0 atom stereocenters. The molecule has 1 aromatic rings. The minimum absolute atomic E-state index is 0. The maximum absolute atomic E-state index is 5.15. The van der Waals surface area contributed by atoms with Crippen molar-refractivity contribution in [1.82, 2.24) is 0 Å². The van der Waals surface area contributed by atoms with Gasteiger partial charge in [0, 0.05) is 7.11 Å². The molecule has 1 rings (SSSR count). The molecule has 0 spiro atoms. The molecule has 74 valence electrons. The Balaban J connectivity index is 0. The summed E-state index contributed by atoms with van der Waals surface area (Å²) in [6, 6.07) is 10.0. The van der Waals surface area contributed by atoms with Gasteiger partial charge in [-0.1, -0.05) is 35.8 Å². The Morgan fingerprint density at radius 3 is 2.31 bits per heavy atom. The number of methoxy groups -OCH3 is 1. The van der Waals surface area contributed by atoms with Gasteiger partial charge in [0.1, 0.15) is 6.79 Å². The van der Waals surface area contributed by atoms with Crippen LogP contribution < -0.4 is 5.46 Å². The Bertz CT molecular complexity index is 193. The minimum Gasteiger partial charge on any atom is -0.413 e. The lowest BCUT2D eigenvalue weighted by atomic mass is 9.89. The molecule has 4 nitrogen and oxygen atoms in total. The molecule has 0 amide bonds. The Hall–Kier alpha value is -0.875. The van der Waals surface area contributed by atoms with E-state index in [1.165, 1.54) is 5.46 Å². The summed E-state index contributed by atoms with van der Waals surface area (Å²) in [6.45, 7) is 0.356. The van der Waals surface area contributed by atoms with Crippen LogP contribution in [0.25, 0.3) is 0 Å². The molecule has 0 saturated carbocycles. The SMILES string of the molecule is COCOBc1ccccc1.O.O. The van der Waals surface area contributed by atoms with E-state index >= 15 is 0 Å². The monoisotopic (exact) mass is 186 g/mol. The van der Waals surface area contributed by atoms with Crippen LogP contribution >= 0.6 is 0 Å². The Labute approximate surface area is 78.4 Å². The first-order valence-corrected chi connectivity index (χ1v) is 3.54. The van der Waals surface area contributed by atoms with Crippen molar-refractivity contribution >= 4 is 12.9 Å². The third kappa shape index (κ3) is 6.30. The average Bonchev–Trinajstić information content (AvgIpc) is 2.07. The van der Waals surface area contributed by atoms with Crippen LogP contribution in [0.15, 0.2) is 30.3 Å². The summed E-state index contributed by atoms with van der Waals surface area (Å²) in [5, 5.41) is 0. The van der Waals surface area contributed by atoms with E-state index in [9.17, 15) is 0 Å². The summed E-state index contributed by atoms with van der Waals surface area (Å²) in [4.78, 5) is 0. The van der Waals surface area contributed by atoms with E-state index in [4.69, 9.17) is 9.39 Å². The predicted molar refractivity (Wildman–Crippen MR) is 53.4 cm³/mol. The Morgan fingerprint density at radius 1 is 1.15 bits per heavy atom. The molecule has 5 heteroatoms. The van der Waals surface area contributed by atoms with Crippen LogP contribution in [0.3, 0.4) is 0 Å². The molecule has 4 N–H and O–H groups in total. The van der Waals surface area contributed by atoms with Crippen LogP contribution in [-0.2, 0) is 9.39 Å². The molecule has 0 radical (unpaired) electrons. The first-order chi connectivity index (χ1) is 5.43. The van der Waals surface area contributed by atoms with E-state index in [1.54, 1.807) is 7.11 Å². The van der Waals surface area contributed by atoms with Crippen LogP contribution in [0, 0.1) is 0 Å². The van der Waals surface area contributed by atoms with Gasteiger partial charge < -0.3 is 20.3 Å². The molecule has 0 heterocycles. The zero-order valence-corrected chi connectivity index (χ0v) is 7.62. The van der Waals surface area contributed by atoms with Gasteiger partial charge in [-0.2, -0.15) is 0 Å². The fraction of sp³-hybridized carbons (Fsp3) is 0.250. The standard InChI is InChI=1S/C8H11BO2.2H2O/c1-10-7-11-9-8-5-3-2-4-6-8;;/h2-6,9H,7H2,1H3;2*1H2. The van der Waals surface area contributed by atoms with Crippen molar-refractivity contribution in [3.8, 4) is 0 Å². The van der Waals surface area contributed by atoms with Gasteiger partial charge >= 0.3 is 7.48 Å². The van der Waals surface area contributed by atoms with Gasteiger partial charge in [-0.05, 0) is 0 Å². The van der Waals surface area contributed by atoms with Crippen molar-refractivity contribution in [2.24, 2.45) is 0 Å². The molecular weight excluding hydrogens is 171 g/mol. The molecule has 0 aliphatic heterocycles. The van der Waals surface area contributed by atoms with Crippen LogP contribution in [0.2, 0.25) is 0 Å². The summed E-state index contributed by atoms with van der Waals surface area (Å²) >= 11 is 0. The second-order valence-electron chi connectivity index (χ2n) is 2.24. The number of rotatable bonds is 4. The van der Waals surface area contributed by atoms with E-state index in [0.29, 0.717) is 14.3 Å². The number of benzene rings is 1. The van der Waals surface area contributed by atoms with Gasteiger partial charge in [0.2, 0.25) is 0 Å². The van der Waals surface area contributed by atoms with E-state index in [-0.39, 0.29) is 11.0 Å². The van der Waals surface area contributed by atoms with E-state index in [1.807, 2.05) is 30.3 Å². The van der Waals surface area contributed by atoms with E-state index < -0.39 is 0 Å². The van der Waals surface area contributed by atoms with Gasteiger partial charge in [0.15, 0.2) is 0 Å². The highest BCUT2D eigenvalue weighted by Crippen LogP contribution is 1.81. The lowest BCUT2D eigenvalue weighted by molar-refractivity contribution is 0.0554. The van der Waals surface area contributed by atoms with E-state index in [0.717, 1.165) is 0 Å². The van der Waals surface area contributed by atoms with Crippen molar-refractivity contribution in [2.45, 2.75) is 0 Å². The molecule has 1 aromatic carbocycles. The smallest absolute Gasteiger partial charge is 0.311 e. The van der Waals surface area contributed by atoms with Crippen LogP contribution in [0.4, 0.5) is 0 Å². The van der Waals surface area contributed by atoms with Gasteiger partial charge in [-0.25, -0.2) is 0 Å². The van der Waals surface area contributed by atoms with Gasteiger partial charge in [-0.15, -0.1) is 0 Å². The molecule has 0 aliphatic carbocycles. The normalized spacial score (nSPS) is 8.08. The molecular formula is C8H15BO4. The number of hydrogen-bond acceptors (Lipinski definition) is 2. The first kappa shape index (κ1) is 14.6. The number of ether oxygens (including phenoxy) is 1. The van der Waals surface area contributed by atoms with Crippen molar-refractivity contribution < 1.29 is 20.3 Å². The second kappa shape index (κ2) is 9.21. The topological polar surface area (TPSA) is 81.5 Å². The Morgan fingerprint density at radius 2 is 1.77 bits per heavy atom. The zero-order valence-electron chi connectivity index (χ0n) is 7.62. The maximum Gasteiger partial charge on any atom is 0.311 e. The van der Waals surface area contributed by atoms with E-state index in [2.05, 4.69) is 0 Å². The molecule has 0 bridgehead atoms. The van der Waals surface area contributed by atoms with Crippen molar-refractivity contribution in [2.75, 3.05) is 13.9 Å². The van der Waals surface area contributed by atoms with Crippen LogP contribution in [0.5, 0.6) is 0 Å². The quantitative estimate of drug-likeness (QED) is 0.330. The Kier molecular flexibility index (Phi) is 10.4. The largest absolute Gasteiger partial charge is 0.413 e. The highest BCUT2D eigenvalue weighted by atomic mass is 16.6. The van der Waals surface area contributed by atoms with Gasteiger partial charge in [0.05, 0.1) is 0 Å². The summed E-state index contributed by atoms with van der Waals surface area (Å²) < 4.78 is 9.89. The summed E-state index contributed by atoms with van der Waals surface area (Å²) in [7, 11) is 2.24. The maximum atomic E-state index is 5.15. The predicted octanol–water partition coefficient (Wildman–Crippen LogP) is -1.37. The third-order valence-corrected chi connectivity index (χ3v) is 1.31. The van der Waals surface area contributed by atoms with Gasteiger partial charge in [0.25, 0.3) is 0 Å². The van der Waals surface area contributed by atoms with Crippen LogP contribution in [0.1, 0.15) is 0 Å². The fourth-order valence-corrected chi connectivity index (χ4v) is 0.817. The highest BCUT2D eigenvalue weighted by molar-refractivity contribution is 6.46. The summed E-state index contributed by atoms with van der Waals surface area (Å²) in [6.07, 6.45) is 0. The lowest BCUT2D eigenvalue weighted by Gasteiger charge is -1.99. The third-order valence-electron chi connectivity index (χ3n) is 1.31. The molecule has 13 heavy (non-hydrogen) atoms. The minimum atomic E-state index is 0.